The van der Waals surface area contributed by atoms with Gasteiger partial charge < -0.3 is 55.5 Å². The second-order valence-corrected chi connectivity index (χ2v) is 11.6. The maximum absolute atomic E-state index is 12.6. The van der Waals surface area contributed by atoms with E-state index < -0.39 is 55.6 Å². The van der Waals surface area contributed by atoms with Crippen molar-refractivity contribution < 1.29 is 54.4 Å². The lowest BCUT2D eigenvalue weighted by molar-refractivity contribution is -0.303. The number of hydrogen-bond donors (Lipinski definition) is 8. The van der Waals surface area contributed by atoms with Crippen LogP contribution in [0.1, 0.15) is 87.9 Å². The maximum atomic E-state index is 12.6. The number of aliphatic hydroxyl groups is 6. The van der Waals surface area contributed by atoms with Gasteiger partial charge in [0.25, 0.3) is 5.91 Å². The molecule has 0 aromatic heterocycles. The molecule has 0 bridgehead atoms. The van der Waals surface area contributed by atoms with Crippen LogP contribution in [0.3, 0.4) is 0 Å². The SMILES string of the molecule is CC[C@@H](O)[C@@H](O)[C@H](CO[C@H]1OC(CO)[C@H](O)C(O)C1O)NC(=O)CCCCCCCCCCCNC(=O)c1cccc(OC)c1. The van der Waals surface area contributed by atoms with Crippen LogP contribution in [0.25, 0.3) is 0 Å². The number of hydrogen-bond acceptors (Lipinski definition) is 11. The highest BCUT2D eigenvalue weighted by atomic mass is 16.7. The Hall–Kier alpha value is -2.36. The highest BCUT2D eigenvalue weighted by Crippen LogP contribution is 2.22. The van der Waals surface area contributed by atoms with Crippen molar-refractivity contribution in [1.29, 1.82) is 0 Å². The average molecular weight is 643 g/mol. The zero-order chi connectivity index (χ0) is 33.2. The van der Waals surface area contributed by atoms with Gasteiger partial charge in [0.2, 0.25) is 5.91 Å². The molecule has 0 radical (unpaired) electrons. The second-order valence-electron chi connectivity index (χ2n) is 11.6. The minimum Gasteiger partial charge on any atom is -0.497 e. The molecule has 0 saturated carbocycles. The minimum absolute atomic E-state index is 0.103. The fraction of sp³-hybridized carbons (Fsp3) is 0.750. The van der Waals surface area contributed by atoms with E-state index in [-0.39, 0.29) is 31.3 Å². The zero-order valence-electron chi connectivity index (χ0n) is 26.6. The summed E-state index contributed by atoms with van der Waals surface area (Å²) in [6.07, 6.45) is -0.538. The summed E-state index contributed by atoms with van der Waals surface area (Å²) in [7, 11) is 1.57. The lowest BCUT2D eigenvalue weighted by atomic mass is 9.99. The topological polar surface area (TPSA) is 207 Å². The first-order chi connectivity index (χ1) is 21.6. The van der Waals surface area contributed by atoms with Gasteiger partial charge in [0, 0.05) is 18.5 Å². The van der Waals surface area contributed by atoms with Gasteiger partial charge in [0.05, 0.1) is 32.5 Å². The molecule has 13 heteroatoms. The molecule has 1 aliphatic heterocycles. The fourth-order valence-corrected chi connectivity index (χ4v) is 5.13. The Morgan fingerprint density at radius 1 is 0.933 bits per heavy atom. The van der Waals surface area contributed by atoms with Gasteiger partial charge in [-0.1, -0.05) is 57.9 Å². The molecular weight excluding hydrogens is 588 g/mol. The summed E-state index contributed by atoms with van der Waals surface area (Å²) in [4.78, 5) is 24.8. The highest BCUT2D eigenvalue weighted by molar-refractivity contribution is 5.94. The monoisotopic (exact) mass is 642 g/mol. The van der Waals surface area contributed by atoms with Gasteiger partial charge in [0.1, 0.15) is 36.3 Å². The van der Waals surface area contributed by atoms with E-state index in [9.17, 15) is 40.2 Å². The van der Waals surface area contributed by atoms with Crippen LogP contribution in [0.5, 0.6) is 5.75 Å². The Bertz CT molecular complexity index is 982. The molecule has 1 fully saturated rings. The van der Waals surface area contributed by atoms with Crippen LogP contribution in [0.4, 0.5) is 0 Å². The van der Waals surface area contributed by atoms with Crippen molar-refractivity contribution in [2.45, 2.75) is 127 Å². The van der Waals surface area contributed by atoms with Crippen LogP contribution in [0, 0.1) is 0 Å². The molecule has 0 spiro atoms. The van der Waals surface area contributed by atoms with Crippen LogP contribution in [-0.4, -0.2) is 118 Å². The summed E-state index contributed by atoms with van der Waals surface area (Å²) >= 11 is 0. The molecule has 8 N–H and O–H groups in total. The van der Waals surface area contributed by atoms with E-state index in [0.717, 1.165) is 51.4 Å². The molecule has 258 valence electrons. The standard InChI is InChI=1S/C32H54N2O11/c1-3-24(36)27(38)23(20-44-32-30(41)29(40)28(39)25(19-35)45-32)34-26(37)16-11-9-7-5-4-6-8-10-12-17-33-31(42)21-14-13-15-22(18-21)43-2/h13-15,18,23-25,27-30,32,35-36,38-41H,3-12,16-17,19-20H2,1-2H3,(H,33,42)(H,34,37)/t23-,24+,25?,27-,28-,29?,30?,32-/m0/s1. The van der Waals surface area contributed by atoms with Crippen molar-refractivity contribution in [2.24, 2.45) is 0 Å². The van der Waals surface area contributed by atoms with Crippen molar-refractivity contribution in [3.8, 4) is 5.75 Å². The van der Waals surface area contributed by atoms with Crippen LogP contribution in [-0.2, 0) is 14.3 Å². The third kappa shape index (κ3) is 13.5. The van der Waals surface area contributed by atoms with Gasteiger partial charge >= 0.3 is 0 Å². The highest BCUT2D eigenvalue weighted by Gasteiger charge is 2.44. The quantitative estimate of drug-likeness (QED) is 0.0829. The number of rotatable bonds is 22. The van der Waals surface area contributed by atoms with E-state index in [1.165, 1.54) is 0 Å². The summed E-state index contributed by atoms with van der Waals surface area (Å²) in [5.74, 6) is 0.230. The van der Waals surface area contributed by atoms with Gasteiger partial charge in [-0.15, -0.1) is 0 Å². The molecule has 1 heterocycles. The zero-order valence-corrected chi connectivity index (χ0v) is 26.6. The Balaban J connectivity index is 1.59. The molecule has 8 atom stereocenters. The van der Waals surface area contributed by atoms with Crippen molar-refractivity contribution in [2.75, 3.05) is 26.9 Å². The van der Waals surface area contributed by atoms with Gasteiger partial charge in [-0.3, -0.25) is 9.59 Å². The summed E-state index contributed by atoms with van der Waals surface area (Å²) in [6.45, 7) is 1.35. The number of unbranched alkanes of at least 4 members (excludes halogenated alkanes) is 8. The fourth-order valence-electron chi connectivity index (χ4n) is 5.13. The number of methoxy groups -OCH3 is 1. The van der Waals surface area contributed by atoms with Crippen molar-refractivity contribution in [3.63, 3.8) is 0 Å². The molecule has 45 heavy (non-hydrogen) atoms. The van der Waals surface area contributed by atoms with Crippen LogP contribution in [0.2, 0.25) is 0 Å². The van der Waals surface area contributed by atoms with Gasteiger partial charge in [-0.2, -0.15) is 0 Å². The van der Waals surface area contributed by atoms with Crippen molar-refractivity contribution in [3.05, 3.63) is 29.8 Å². The minimum atomic E-state index is -1.62. The van der Waals surface area contributed by atoms with Crippen LogP contribution in [0.15, 0.2) is 24.3 Å². The second kappa shape index (κ2) is 21.4. The Labute approximate surface area is 265 Å². The molecule has 1 aliphatic rings. The summed E-state index contributed by atoms with van der Waals surface area (Å²) in [6, 6.07) is 6.05. The Morgan fingerprint density at radius 3 is 2.20 bits per heavy atom. The number of aliphatic hydroxyl groups excluding tert-OH is 6. The van der Waals surface area contributed by atoms with Crippen molar-refractivity contribution in [1.82, 2.24) is 10.6 Å². The molecule has 2 rings (SSSR count). The number of benzene rings is 1. The van der Waals surface area contributed by atoms with Gasteiger partial charge in [-0.25, -0.2) is 0 Å². The molecule has 2 amide bonds. The first-order valence-electron chi connectivity index (χ1n) is 16.1. The molecular formula is C32H54N2O11. The van der Waals surface area contributed by atoms with Crippen LogP contribution >= 0.6 is 0 Å². The Morgan fingerprint density at radius 2 is 1.58 bits per heavy atom. The van der Waals surface area contributed by atoms with Gasteiger partial charge in [-0.05, 0) is 37.5 Å². The first kappa shape index (κ1) is 38.8. The lowest BCUT2D eigenvalue weighted by Crippen LogP contribution is -2.60. The normalized spacial score (nSPS) is 23.6. The largest absolute Gasteiger partial charge is 0.497 e. The predicted molar refractivity (Wildman–Crippen MR) is 165 cm³/mol. The number of nitrogens with one attached hydrogen (secondary N) is 2. The molecule has 1 saturated heterocycles. The summed E-state index contributed by atoms with van der Waals surface area (Å²) < 4.78 is 16.0. The summed E-state index contributed by atoms with van der Waals surface area (Å²) in [5.41, 5.74) is 0.584. The smallest absolute Gasteiger partial charge is 0.251 e. The van der Waals surface area contributed by atoms with E-state index in [0.29, 0.717) is 24.3 Å². The molecule has 1 aromatic carbocycles. The molecule has 3 unspecified atom stereocenters. The Kier molecular flexibility index (Phi) is 18.5. The number of carbonyl (C=O) groups is 2. The molecule has 1 aromatic rings. The molecule has 0 aliphatic carbocycles. The molecule has 13 nitrogen and oxygen atoms in total. The number of carbonyl (C=O) groups excluding carboxylic acids is 2. The number of ether oxygens (including phenoxy) is 3. The van der Waals surface area contributed by atoms with Gasteiger partial charge in [0.15, 0.2) is 6.29 Å². The van der Waals surface area contributed by atoms with E-state index in [4.69, 9.17) is 14.2 Å². The number of amides is 2. The van der Waals surface area contributed by atoms with E-state index in [2.05, 4.69) is 10.6 Å². The van der Waals surface area contributed by atoms with E-state index in [1.807, 2.05) is 0 Å². The summed E-state index contributed by atoms with van der Waals surface area (Å²) in [5, 5.41) is 65.8. The van der Waals surface area contributed by atoms with Crippen molar-refractivity contribution >= 4 is 11.8 Å². The maximum Gasteiger partial charge on any atom is 0.251 e. The third-order valence-corrected chi connectivity index (χ3v) is 8.06. The van der Waals surface area contributed by atoms with Crippen LogP contribution < -0.4 is 15.4 Å². The lowest BCUT2D eigenvalue weighted by Gasteiger charge is -2.40. The average Bonchev–Trinajstić information content (AvgIpc) is 3.05. The predicted octanol–water partition coefficient (Wildman–Crippen LogP) is 0.759. The third-order valence-electron chi connectivity index (χ3n) is 8.06. The first-order valence-corrected chi connectivity index (χ1v) is 16.1. The van der Waals surface area contributed by atoms with E-state index in [1.54, 1.807) is 38.3 Å². The van der Waals surface area contributed by atoms with E-state index >= 15 is 0 Å².